The van der Waals surface area contributed by atoms with Gasteiger partial charge in [-0.1, -0.05) is 60.1 Å². The SMILES string of the molecule is Cc1cccc2cc(C=C(C#N)c3nnc(-c4ccccc4)n3C)c(Cl)nc12. The van der Waals surface area contributed by atoms with Crippen LogP contribution in [0.15, 0.2) is 54.6 Å². The highest BCUT2D eigenvalue weighted by atomic mass is 35.5. The van der Waals surface area contributed by atoms with E-state index in [0.29, 0.717) is 27.9 Å². The van der Waals surface area contributed by atoms with Gasteiger partial charge in [-0.3, -0.25) is 0 Å². The Balaban J connectivity index is 1.81. The molecule has 0 bridgehead atoms. The maximum atomic E-state index is 9.73. The number of benzene rings is 2. The Morgan fingerprint density at radius 3 is 2.64 bits per heavy atom. The van der Waals surface area contributed by atoms with E-state index < -0.39 is 0 Å². The van der Waals surface area contributed by atoms with E-state index in [1.807, 2.05) is 68.6 Å². The van der Waals surface area contributed by atoms with E-state index in [2.05, 4.69) is 21.3 Å². The molecule has 28 heavy (non-hydrogen) atoms. The van der Waals surface area contributed by atoms with Crippen LogP contribution in [0.2, 0.25) is 5.15 Å². The minimum absolute atomic E-state index is 0.347. The van der Waals surface area contributed by atoms with Crippen LogP contribution in [0.4, 0.5) is 0 Å². The maximum Gasteiger partial charge on any atom is 0.174 e. The van der Waals surface area contributed by atoms with Crippen molar-refractivity contribution in [3.05, 3.63) is 76.7 Å². The Bertz CT molecular complexity index is 1250. The van der Waals surface area contributed by atoms with Gasteiger partial charge in [0.05, 0.1) is 11.1 Å². The molecule has 0 aliphatic rings. The Hall–Kier alpha value is -3.49. The van der Waals surface area contributed by atoms with Crippen molar-refractivity contribution in [2.75, 3.05) is 0 Å². The first-order valence-corrected chi connectivity index (χ1v) is 9.09. The van der Waals surface area contributed by atoms with Gasteiger partial charge in [-0.2, -0.15) is 5.26 Å². The first-order chi connectivity index (χ1) is 13.6. The average molecular weight is 386 g/mol. The van der Waals surface area contributed by atoms with Gasteiger partial charge >= 0.3 is 0 Å². The molecule has 0 spiro atoms. The van der Waals surface area contributed by atoms with Crippen LogP contribution in [-0.2, 0) is 7.05 Å². The van der Waals surface area contributed by atoms with Crippen molar-refractivity contribution in [2.45, 2.75) is 6.92 Å². The molecule has 0 saturated heterocycles. The Morgan fingerprint density at radius 1 is 1.11 bits per heavy atom. The van der Waals surface area contributed by atoms with E-state index in [4.69, 9.17) is 11.6 Å². The third-order valence-corrected chi connectivity index (χ3v) is 4.90. The lowest BCUT2D eigenvalue weighted by atomic mass is 10.1. The Morgan fingerprint density at radius 2 is 1.89 bits per heavy atom. The molecule has 0 fully saturated rings. The molecule has 0 N–H and O–H groups in total. The van der Waals surface area contributed by atoms with Gasteiger partial charge in [-0.25, -0.2) is 4.98 Å². The summed E-state index contributed by atoms with van der Waals surface area (Å²) in [6, 6.07) is 19.8. The van der Waals surface area contributed by atoms with Crippen LogP contribution in [0.1, 0.15) is 17.0 Å². The molecular formula is C22H16ClN5. The van der Waals surface area contributed by atoms with Crippen molar-refractivity contribution in [3.8, 4) is 17.5 Å². The highest BCUT2D eigenvalue weighted by Gasteiger charge is 2.15. The molecule has 0 unspecified atom stereocenters. The zero-order valence-corrected chi connectivity index (χ0v) is 16.1. The number of pyridine rings is 1. The molecule has 4 rings (SSSR count). The number of nitriles is 1. The highest BCUT2D eigenvalue weighted by Crippen LogP contribution is 2.27. The van der Waals surface area contributed by atoms with E-state index in [9.17, 15) is 5.26 Å². The van der Waals surface area contributed by atoms with E-state index >= 15 is 0 Å². The molecule has 2 aromatic heterocycles. The van der Waals surface area contributed by atoms with Crippen molar-refractivity contribution in [2.24, 2.45) is 7.05 Å². The van der Waals surface area contributed by atoms with E-state index in [1.54, 1.807) is 10.6 Å². The third-order valence-electron chi connectivity index (χ3n) is 4.60. The van der Waals surface area contributed by atoms with Gasteiger partial charge in [-0.05, 0) is 24.6 Å². The van der Waals surface area contributed by atoms with Gasteiger partial charge < -0.3 is 4.57 Å². The van der Waals surface area contributed by atoms with Gasteiger partial charge in [-0.15, -0.1) is 10.2 Å². The lowest BCUT2D eigenvalue weighted by Gasteiger charge is -2.06. The van der Waals surface area contributed by atoms with Crippen LogP contribution in [0.25, 0.3) is 33.9 Å². The second kappa shape index (κ2) is 7.26. The predicted octanol–water partition coefficient (Wildman–Crippen LogP) is 5.06. The Kier molecular flexibility index (Phi) is 4.64. The van der Waals surface area contributed by atoms with E-state index in [0.717, 1.165) is 22.0 Å². The minimum Gasteiger partial charge on any atom is -0.310 e. The molecule has 0 atom stereocenters. The second-order valence-corrected chi connectivity index (χ2v) is 6.82. The van der Waals surface area contributed by atoms with Gasteiger partial charge in [0.25, 0.3) is 0 Å². The van der Waals surface area contributed by atoms with Crippen molar-refractivity contribution in [1.82, 2.24) is 19.7 Å². The van der Waals surface area contributed by atoms with Gasteiger partial charge in [0.1, 0.15) is 11.2 Å². The van der Waals surface area contributed by atoms with Gasteiger partial charge in [0, 0.05) is 23.6 Å². The lowest BCUT2D eigenvalue weighted by Crippen LogP contribution is -1.99. The number of para-hydroxylation sites is 1. The summed E-state index contributed by atoms with van der Waals surface area (Å²) in [6.45, 7) is 1.99. The van der Waals surface area contributed by atoms with Crippen LogP contribution in [0.5, 0.6) is 0 Å². The smallest absolute Gasteiger partial charge is 0.174 e. The van der Waals surface area contributed by atoms with E-state index in [-0.39, 0.29) is 0 Å². The maximum absolute atomic E-state index is 9.73. The summed E-state index contributed by atoms with van der Waals surface area (Å²) < 4.78 is 1.80. The molecule has 0 radical (unpaired) electrons. The molecule has 2 aromatic carbocycles. The lowest BCUT2D eigenvalue weighted by molar-refractivity contribution is 0.901. The molecule has 2 heterocycles. The number of fused-ring (bicyclic) bond motifs is 1. The van der Waals surface area contributed by atoms with E-state index in [1.165, 1.54) is 0 Å². The molecule has 4 aromatic rings. The highest BCUT2D eigenvalue weighted by molar-refractivity contribution is 6.31. The first kappa shape index (κ1) is 17.9. The van der Waals surface area contributed by atoms with Crippen molar-refractivity contribution < 1.29 is 0 Å². The predicted molar refractivity (Wildman–Crippen MR) is 111 cm³/mol. The molecule has 6 heteroatoms. The quantitative estimate of drug-likeness (QED) is 0.365. The van der Waals surface area contributed by atoms with Gasteiger partial charge in [0.15, 0.2) is 11.6 Å². The average Bonchev–Trinajstić information content (AvgIpc) is 3.09. The summed E-state index contributed by atoms with van der Waals surface area (Å²) >= 11 is 6.40. The first-order valence-electron chi connectivity index (χ1n) is 8.71. The van der Waals surface area contributed by atoms with Crippen molar-refractivity contribution >= 4 is 34.2 Å². The summed E-state index contributed by atoms with van der Waals surface area (Å²) in [7, 11) is 1.84. The molecular weight excluding hydrogens is 370 g/mol. The summed E-state index contributed by atoms with van der Waals surface area (Å²) in [5.74, 6) is 1.16. The molecule has 0 saturated carbocycles. The summed E-state index contributed by atoms with van der Waals surface area (Å²) in [5.41, 5.74) is 3.87. The topological polar surface area (TPSA) is 67.4 Å². The van der Waals surface area contributed by atoms with Crippen LogP contribution < -0.4 is 0 Å². The van der Waals surface area contributed by atoms with Crippen LogP contribution >= 0.6 is 11.6 Å². The molecule has 0 aliphatic heterocycles. The molecule has 0 aliphatic carbocycles. The normalized spacial score (nSPS) is 11.6. The van der Waals surface area contributed by atoms with Crippen LogP contribution in [-0.4, -0.2) is 19.7 Å². The van der Waals surface area contributed by atoms with Crippen molar-refractivity contribution in [3.63, 3.8) is 0 Å². The number of hydrogen-bond acceptors (Lipinski definition) is 4. The summed E-state index contributed by atoms with van der Waals surface area (Å²) in [6.07, 6.45) is 1.70. The number of rotatable bonds is 3. The summed E-state index contributed by atoms with van der Waals surface area (Å²) in [4.78, 5) is 4.50. The van der Waals surface area contributed by atoms with Crippen molar-refractivity contribution in [1.29, 1.82) is 5.26 Å². The van der Waals surface area contributed by atoms with Crippen LogP contribution in [0.3, 0.4) is 0 Å². The standard InChI is InChI=1S/C22H16ClN5/c1-14-7-6-10-16-11-17(20(23)25-19(14)16)12-18(13-24)22-27-26-21(28(22)2)15-8-4-3-5-9-15/h3-12H,1-2H3. The zero-order valence-electron chi connectivity index (χ0n) is 15.4. The number of allylic oxidation sites excluding steroid dienone is 1. The Labute approximate surface area is 167 Å². The fraction of sp³-hybridized carbons (Fsp3) is 0.0909. The molecule has 5 nitrogen and oxygen atoms in total. The summed E-state index contributed by atoms with van der Waals surface area (Å²) in [5, 5.41) is 19.5. The largest absolute Gasteiger partial charge is 0.310 e. The van der Waals surface area contributed by atoms with Gasteiger partial charge in [0.2, 0.25) is 0 Å². The fourth-order valence-electron chi connectivity index (χ4n) is 3.15. The second-order valence-electron chi connectivity index (χ2n) is 6.46. The zero-order chi connectivity index (χ0) is 19.7. The number of aromatic nitrogens is 4. The minimum atomic E-state index is 0.347. The fourth-order valence-corrected chi connectivity index (χ4v) is 3.34. The number of nitrogens with zero attached hydrogens (tertiary/aromatic N) is 5. The number of halogens is 1. The number of aryl methyl sites for hydroxylation is 1. The molecule has 136 valence electrons. The number of hydrogen-bond donors (Lipinski definition) is 0. The monoisotopic (exact) mass is 385 g/mol. The third kappa shape index (κ3) is 3.15. The molecule has 0 amide bonds. The van der Waals surface area contributed by atoms with Crippen LogP contribution in [0, 0.1) is 18.3 Å².